The first-order valence-corrected chi connectivity index (χ1v) is 8.52. The van der Waals surface area contributed by atoms with E-state index in [0.717, 1.165) is 4.47 Å². The highest BCUT2D eigenvalue weighted by Crippen LogP contribution is 2.28. The first-order chi connectivity index (χ1) is 10.5. The van der Waals surface area contributed by atoms with E-state index >= 15 is 0 Å². The molecule has 0 heterocycles. The number of allylic oxidation sites excluding steroid dienone is 1. The van der Waals surface area contributed by atoms with Gasteiger partial charge in [0.2, 0.25) is 9.84 Å². The molecule has 112 valence electrons. The molecule has 6 heteroatoms. The quantitative estimate of drug-likeness (QED) is 0.759. The highest BCUT2D eigenvalue weighted by atomic mass is 79.9. The summed E-state index contributed by atoms with van der Waals surface area (Å²) in [6.07, 6.45) is 1.31. The summed E-state index contributed by atoms with van der Waals surface area (Å²) in [5, 5.41) is 9.27. The van der Waals surface area contributed by atoms with Crippen LogP contribution in [0.25, 0.3) is 6.08 Å². The molecule has 0 aliphatic heterocycles. The fraction of sp³-hybridized carbons (Fsp3) is 0.0625. The second kappa shape index (κ2) is 6.77. The third kappa shape index (κ3) is 3.38. The van der Waals surface area contributed by atoms with Crippen molar-refractivity contribution in [2.75, 3.05) is 7.11 Å². The molecular formula is C16H12BrNO3S. The Hall–Kier alpha value is -2.10. The molecule has 2 aromatic rings. The predicted octanol–water partition coefficient (Wildman–Crippen LogP) is 3.80. The van der Waals surface area contributed by atoms with Gasteiger partial charge in [0.25, 0.3) is 0 Å². The van der Waals surface area contributed by atoms with Crippen LogP contribution in [0.4, 0.5) is 0 Å². The zero-order valence-electron chi connectivity index (χ0n) is 11.7. The van der Waals surface area contributed by atoms with Crippen LogP contribution in [0.1, 0.15) is 5.56 Å². The molecule has 0 aromatic heterocycles. The summed E-state index contributed by atoms with van der Waals surface area (Å²) in [6.45, 7) is 0. The Morgan fingerprint density at radius 2 is 1.91 bits per heavy atom. The molecule has 2 aromatic carbocycles. The van der Waals surface area contributed by atoms with Crippen molar-refractivity contribution in [2.45, 2.75) is 4.90 Å². The molecule has 0 saturated carbocycles. The van der Waals surface area contributed by atoms with Gasteiger partial charge in [-0.1, -0.05) is 34.1 Å². The Morgan fingerprint density at radius 1 is 1.23 bits per heavy atom. The topological polar surface area (TPSA) is 67.2 Å². The fourth-order valence-electron chi connectivity index (χ4n) is 1.86. The van der Waals surface area contributed by atoms with E-state index in [2.05, 4.69) is 15.9 Å². The molecule has 0 saturated heterocycles. The summed E-state index contributed by atoms with van der Waals surface area (Å²) >= 11 is 3.32. The van der Waals surface area contributed by atoms with Gasteiger partial charge in [0.05, 0.1) is 12.0 Å². The van der Waals surface area contributed by atoms with E-state index < -0.39 is 9.84 Å². The summed E-state index contributed by atoms with van der Waals surface area (Å²) in [4.78, 5) is -0.258. The molecule has 0 N–H and O–H groups in total. The Balaban J connectivity index is 2.59. The molecule has 0 radical (unpaired) electrons. The lowest BCUT2D eigenvalue weighted by atomic mass is 10.2. The van der Waals surface area contributed by atoms with Gasteiger partial charge in [-0.3, -0.25) is 0 Å². The zero-order valence-corrected chi connectivity index (χ0v) is 14.1. The van der Waals surface area contributed by atoms with Crippen molar-refractivity contribution in [3.05, 3.63) is 63.5 Å². The van der Waals surface area contributed by atoms with Crippen molar-refractivity contribution in [1.29, 1.82) is 5.26 Å². The van der Waals surface area contributed by atoms with Gasteiger partial charge in [-0.25, -0.2) is 8.42 Å². The minimum absolute atomic E-state index is 0.0803. The van der Waals surface area contributed by atoms with Gasteiger partial charge in [0, 0.05) is 10.0 Å². The summed E-state index contributed by atoms with van der Waals surface area (Å²) in [5.74, 6) is 0.485. The highest BCUT2D eigenvalue weighted by Gasteiger charge is 2.21. The van der Waals surface area contributed by atoms with Crippen molar-refractivity contribution >= 4 is 31.8 Å². The van der Waals surface area contributed by atoms with E-state index in [1.165, 1.54) is 25.3 Å². The lowest BCUT2D eigenvalue weighted by Crippen LogP contribution is -2.03. The first-order valence-electron chi connectivity index (χ1n) is 6.24. The number of benzene rings is 2. The van der Waals surface area contributed by atoms with Crippen LogP contribution >= 0.6 is 15.9 Å². The maximum Gasteiger partial charge on any atom is 0.216 e. The first kappa shape index (κ1) is 16.3. The molecule has 0 fully saturated rings. The maximum atomic E-state index is 12.5. The SMILES string of the molecule is COc1ccc(Br)cc1/C=C(\C#N)S(=O)(=O)c1ccccc1. The number of nitrogens with zero attached hydrogens (tertiary/aromatic N) is 1. The van der Waals surface area contributed by atoms with Gasteiger partial charge in [-0.15, -0.1) is 0 Å². The van der Waals surface area contributed by atoms with E-state index in [-0.39, 0.29) is 9.80 Å². The third-order valence-electron chi connectivity index (χ3n) is 2.93. The Kier molecular flexibility index (Phi) is 5.01. The van der Waals surface area contributed by atoms with E-state index in [4.69, 9.17) is 4.74 Å². The number of hydrogen-bond acceptors (Lipinski definition) is 4. The molecular weight excluding hydrogens is 366 g/mol. The smallest absolute Gasteiger partial charge is 0.216 e. The van der Waals surface area contributed by atoms with Crippen LogP contribution in [0.2, 0.25) is 0 Å². The highest BCUT2D eigenvalue weighted by molar-refractivity contribution is 9.10. The predicted molar refractivity (Wildman–Crippen MR) is 87.9 cm³/mol. The molecule has 2 rings (SSSR count). The van der Waals surface area contributed by atoms with Crippen molar-refractivity contribution in [2.24, 2.45) is 0 Å². The summed E-state index contributed by atoms with van der Waals surface area (Å²) in [6, 6.07) is 14.8. The fourth-order valence-corrected chi connectivity index (χ4v) is 3.41. The number of methoxy groups -OCH3 is 1. The number of sulfone groups is 1. The Labute approximate surface area is 137 Å². The molecule has 0 aliphatic carbocycles. The van der Waals surface area contributed by atoms with Gasteiger partial charge in [-0.2, -0.15) is 5.26 Å². The molecule has 4 nitrogen and oxygen atoms in total. The number of halogens is 1. The Morgan fingerprint density at radius 3 is 2.50 bits per heavy atom. The van der Waals surface area contributed by atoms with Gasteiger partial charge in [0.15, 0.2) is 0 Å². The van der Waals surface area contributed by atoms with Crippen molar-refractivity contribution in [3.8, 4) is 11.8 Å². The number of nitriles is 1. The maximum absolute atomic E-state index is 12.5. The van der Waals surface area contributed by atoms with Gasteiger partial charge >= 0.3 is 0 Å². The summed E-state index contributed by atoms with van der Waals surface area (Å²) in [7, 11) is -2.37. The molecule has 0 bridgehead atoms. The van der Waals surface area contributed by atoms with E-state index in [0.29, 0.717) is 11.3 Å². The molecule has 22 heavy (non-hydrogen) atoms. The van der Waals surface area contributed by atoms with Crippen LogP contribution in [-0.2, 0) is 9.84 Å². The average Bonchev–Trinajstić information content (AvgIpc) is 2.53. The molecule has 0 aliphatic rings. The van der Waals surface area contributed by atoms with Crippen LogP contribution in [0.15, 0.2) is 62.8 Å². The lowest BCUT2D eigenvalue weighted by Gasteiger charge is -2.07. The normalized spacial score (nSPS) is 11.8. The van der Waals surface area contributed by atoms with Crippen LogP contribution in [0.3, 0.4) is 0 Å². The Bertz CT molecular complexity index is 853. The zero-order chi connectivity index (χ0) is 16.2. The molecule has 0 unspecified atom stereocenters. The van der Waals surface area contributed by atoms with Crippen molar-refractivity contribution < 1.29 is 13.2 Å². The van der Waals surface area contributed by atoms with Crippen molar-refractivity contribution in [3.63, 3.8) is 0 Å². The minimum atomic E-state index is -3.86. The molecule has 0 atom stereocenters. The second-order valence-corrected chi connectivity index (χ2v) is 7.16. The standard InChI is InChI=1S/C16H12BrNO3S/c1-21-16-8-7-13(17)9-12(16)10-15(11-18)22(19,20)14-5-3-2-4-6-14/h2-10H,1H3/b15-10+. The van der Waals surface area contributed by atoms with Crippen LogP contribution < -0.4 is 4.74 Å². The summed E-state index contributed by atoms with van der Waals surface area (Å²) < 4.78 is 31.0. The number of rotatable bonds is 4. The number of ether oxygens (including phenoxy) is 1. The minimum Gasteiger partial charge on any atom is -0.496 e. The monoisotopic (exact) mass is 377 g/mol. The van der Waals surface area contributed by atoms with Crippen molar-refractivity contribution in [1.82, 2.24) is 0 Å². The van der Waals surface area contributed by atoms with Gasteiger partial charge < -0.3 is 4.74 Å². The van der Waals surface area contributed by atoms with Gasteiger partial charge in [-0.05, 0) is 36.4 Å². The second-order valence-electron chi connectivity index (χ2n) is 4.32. The van der Waals surface area contributed by atoms with E-state index in [1.807, 2.05) is 0 Å². The molecule has 0 spiro atoms. The lowest BCUT2D eigenvalue weighted by molar-refractivity contribution is 0.414. The van der Waals surface area contributed by atoms with Crippen LogP contribution in [0, 0.1) is 11.3 Å². The largest absolute Gasteiger partial charge is 0.496 e. The molecule has 0 amide bonds. The average molecular weight is 378 g/mol. The van der Waals surface area contributed by atoms with Gasteiger partial charge in [0.1, 0.15) is 16.7 Å². The van der Waals surface area contributed by atoms with E-state index in [1.54, 1.807) is 42.5 Å². The van der Waals surface area contributed by atoms with Crippen LogP contribution in [-0.4, -0.2) is 15.5 Å². The van der Waals surface area contributed by atoms with E-state index in [9.17, 15) is 13.7 Å². The summed E-state index contributed by atoms with van der Waals surface area (Å²) in [5.41, 5.74) is 0.507. The van der Waals surface area contributed by atoms with Crippen LogP contribution in [0.5, 0.6) is 5.75 Å². The number of hydrogen-bond donors (Lipinski definition) is 0. The third-order valence-corrected chi connectivity index (χ3v) is 5.11.